The van der Waals surface area contributed by atoms with Crippen LogP contribution < -0.4 is 45.3 Å². The van der Waals surface area contributed by atoms with Gasteiger partial charge in [-0.15, -0.1) is 5.10 Å². The van der Waals surface area contributed by atoms with Crippen molar-refractivity contribution in [2.45, 2.75) is 38.6 Å². The molecule has 2 aliphatic rings. The van der Waals surface area contributed by atoms with Crippen molar-refractivity contribution >= 4 is 21.8 Å². The Morgan fingerprint density at radius 1 is 0.951 bits per heavy atom. The monoisotopic (exact) mass is 618 g/mol. The van der Waals surface area contributed by atoms with Crippen molar-refractivity contribution in [3.63, 3.8) is 0 Å². The first-order valence-electron chi connectivity index (χ1n) is 13.8. The van der Waals surface area contributed by atoms with Crippen LogP contribution in [-0.2, 0) is 13.0 Å². The van der Waals surface area contributed by atoms with Gasteiger partial charge in [0.15, 0.2) is 35.7 Å². The van der Waals surface area contributed by atoms with E-state index < -0.39 is 0 Å². The Bertz CT molecular complexity index is 1710. The van der Waals surface area contributed by atoms with Gasteiger partial charge in [0.05, 0.1) is 24.7 Å². The highest BCUT2D eigenvalue weighted by molar-refractivity contribution is 5.91. The van der Waals surface area contributed by atoms with E-state index >= 15 is 0 Å². The zero-order chi connectivity index (χ0) is 26.9. The molecule has 0 saturated heterocycles. The van der Waals surface area contributed by atoms with Crippen LogP contribution in [0, 0.1) is 0 Å². The van der Waals surface area contributed by atoms with Gasteiger partial charge in [-0.2, -0.15) is 4.57 Å². The van der Waals surface area contributed by atoms with Crippen LogP contribution in [0.5, 0.6) is 23.0 Å². The molecule has 0 fully saturated rings. The number of rotatable bonds is 10. The molecule has 3 aromatic carbocycles. The predicted octanol–water partition coefficient (Wildman–Crippen LogP) is 1.90. The zero-order valence-electron chi connectivity index (χ0n) is 22.8. The van der Waals surface area contributed by atoms with Crippen LogP contribution in [0.4, 0.5) is 0 Å². The van der Waals surface area contributed by atoms with Gasteiger partial charge in [0, 0.05) is 12.5 Å². The first kappa shape index (κ1) is 27.1. The minimum absolute atomic E-state index is 0. The number of aromatic nitrogens is 4. The summed E-state index contributed by atoms with van der Waals surface area (Å²) in [7, 11) is 1.69. The molecule has 0 spiro atoms. The average Bonchev–Trinajstić information content (AvgIpc) is 3.63. The lowest BCUT2D eigenvalue weighted by Crippen LogP contribution is -3.00. The topological polar surface area (TPSA) is 80.7 Å². The fraction of sp³-hybridized carbons (Fsp3) is 0.323. The third-order valence-electron chi connectivity index (χ3n) is 7.62. The molecule has 0 bridgehead atoms. The smallest absolute Gasteiger partial charge is 0.231 e. The lowest BCUT2D eigenvalue weighted by Gasteiger charge is -2.18. The van der Waals surface area contributed by atoms with Gasteiger partial charge < -0.3 is 40.8 Å². The number of halogens is 1. The number of unbranched alkanes of at least 4 members (excludes halogenated alkanes) is 3. The molecule has 41 heavy (non-hydrogen) atoms. The summed E-state index contributed by atoms with van der Waals surface area (Å²) in [5.74, 6) is 3.20. The summed E-state index contributed by atoms with van der Waals surface area (Å²) >= 11 is 0. The molecule has 9 nitrogen and oxygen atoms in total. The molecule has 2 aliphatic heterocycles. The van der Waals surface area contributed by atoms with Crippen LogP contribution in [0.3, 0.4) is 0 Å². The van der Waals surface area contributed by atoms with Gasteiger partial charge in [-0.05, 0) is 78.2 Å². The van der Waals surface area contributed by atoms with E-state index in [9.17, 15) is 0 Å². The van der Waals surface area contributed by atoms with Gasteiger partial charge >= 0.3 is 0 Å². The molecular formula is C31H31BrN4O5. The summed E-state index contributed by atoms with van der Waals surface area (Å²) in [4.78, 5) is 7.29. The predicted molar refractivity (Wildman–Crippen MR) is 149 cm³/mol. The largest absolute Gasteiger partial charge is 1.00 e. The van der Waals surface area contributed by atoms with Crippen molar-refractivity contribution in [2.75, 3.05) is 27.1 Å². The number of nitrogens with zero attached hydrogens (tertiary/aromatic N) is 4. The number of pyridine rings is 1. The van der Waals surface area contributed by atoms with Crippen molar-refractivity contribution in [3.8, 4) is 34.3 Å². The molecule has 0 atom stereocenters. The molecule has 0 radical (unpaired) electrons. The van der Waals surface area contributed by atoms with E-state index in [1.165, 1.54) is 21.7 Å². The highest BCUT2D eigenvalue weighted by Crippen LogP contribution is 2.41. The molecule has 0 saturated carbocycles. The van der Waals surface area contributed by atoms with Gasteiger partial charge in [-0.1, -0.05) is 17.0 Å². The lowest BCUT2D eigenvalue weighted by molar-refractivity contribution is -0.686. The van der Waals surface area contributed by atoms with Crippen molar-refractivity contribution in [2.24, 2.45) is 0 Å². The molecular weight excluding hydrogens is 588 g/mol. The van der Waals surface area contributed by atoms with Crippen LogP contribution in [0.2, 0.25) is 0 Å². The number of benzene rings is 3. The Balaban J connectivity index is 0.00000302. The molecule has 0 N–H and O–H groups in total. The normalized spacial score (nSPS) is 13.0. The van der Waals surface area contributed by atoms with Crippen LogP contribution in [-0.4, -0.2) is 42.3 Å². The maximum atomic E-state index is 6.35. The molecule has 0 amide bonds. The van der Waals surface area contributed by atoms with Gasteiger partial charge in [0.1, 0.15) is 17.6 Å². The second-order valence-corrected chi connectivity index (χ2v) is 10.1. The summed E-state index contributed by atoms with van der Waals surface area (Å²) in [6.07, 6.45) is 7.11. The summed E-state index contributed by atoms with van der Waals surface area (Å²) in [5.41, 5.74) is 5.37. The summed E-state index contributed by atoms with van der Waals surface area (Å²) in [6.45, 7) is 2.39. The maximum absolute atomic E-state index is 6.35. The third kappa shape index (κ3) is 5.24. The fourth-order valence-electron chi connectivity index (χ4n) is 5.53. The second kappa shape index (κ2) is 11.8. The Labute approximate surface area is 248 Å². The highest BCUT2D eigenvalue weighted by atomic mass is 79.9. The molecule has 0 unspecified atom stereocenters. The van der Waals surface area contributed by atoms with E-state index in [2.05, 4.69) is 45.3 Å². The third-order valence-corrected chi connectivity index (χ3v) is 7.62. The minimum Gasteiger partial charge on any atom is -1.00 e. The van der Waals surface area contributed by atoms with E-state index in [4.69, 9.17) is 23.8 Å². The Kier molecular flexibility index (Phi) is 7.82. The van der Waals surface area contributed by atoms with Crippen molar-refractivity contribution in [3.05, 3.63) is 66.4 Å². The molecule has 2 aromatic heterocycles. The number of methoxy groups -OCH3 is 1. The van der Waals surface area contributed by atoms with Gasteiger partial charge in [-0.3, -0.25) is 0 Å². The second-order valence-electron chi connectivity index (χ2n) is 10.1. The average molecular weight is 620 g/mol. The van der Waals surface area contributed by atoms with E-state index in [0.717, 1.165) is 83.5 Å². The van der Waals surface area contributed by atoms with Crippen LogP contribution >= 0.6 is 0 Å². The van der Waals surface area contributed by atoms with Crippen molar-refractivity contribution < 1.29 is 45.3 Å². The molecule has 7 rings (SSSR count). The first-order valence-corrected chi connectivity index (χ1v) is 13.8. The van der Waals surface area contributed by atoms with E-state index in [1.807, 2.05) is 30.3 Å². The molecule has 212 valence electrons. The van der Waals surface area contributed by atoms with Crippen molar-refractivity contribution in [1.29, 1.82) is 0 Å². The minimum atomic E-state index is 0. The van der Waals surface area contributed by atoms with Crippen LogP contribution in [0.1, 0.15) is 31.2 Å². The number of ether oxygens (including phenoxy) is 4. The first-order chi connectivity index (χ1) is 19.8. The maximum Gasteiger partial charge on any atom is 0.231 e. The standard InChI is InChI=1S/C31H31N4O5.BrH/c1-36-28-11-10-21-16-27-23-18-30-29(38-20-39-30)17-22(23)12-13-34(27)19-24(21)31(28)37-14-6-2-3-7-15-40-35-26-9-5-4-8-25(26)32-33-35;/h4-5,8-11,16-19H,2-3,6-7,12-15,20H2,1H3;1H/q+1;/p-1. The highest BCUT2D eigenvalue weighted by Gasteiger charge is 2.28. The zero-order valence-corrected chi connectivity index (χ0v) is 24.4. The quantitative estimate of drug-likeness (QED) is 0.175. The Morgan fingerprint density at radius 2 is 1.78 bits per heavy atom. The summed E-state index contributed by atoms with van der Waals surface area (Å²) < 4.78 is 25.6. The molecule has 10 heteroatoms. The Morgan fingerprint density at radius 3 is 2.66 bits per heavy atom. The molecule has 5 aromatic rings. The van der Waals surface area contributed by atoms with Crippen LogP contribution in [0.15, 0.2) is 60.8 Å². The van der Waals surface area contributed by atoms with E-state index in [0.29, 0.717) is 13.2 Å². The van der Waals surface area contributed by atoms with E-state index in [-0.39, 0.29) is 23.8 Å². The van der Waals surface area contributed by atoms with Gasteiger partial charge in [-0.25, -0.2) is 0 Å². The fourth-order valence-corrected chi connectivity index (χ4v) is 5.53. The number of fused-ring (bicyclic) bond motifs is 6. The molecule has 0 aliphatic carbocycles. The number of hydrogen-bond acceptors (Lipinski definition) is 7. The SMILES string of the molecule is COc1ccc2cc3[n+](cc2c1OCCCCCCOn1nnc2ccccc21)CCc1cc2c(cc1-3)OCO2.[Br-]. The Hall–Kier alpha value is -4.05. The summed E-state index contributed by atoms with van der Waals surface area (Å²) in [6, 6.07) is 18.3. The number of hydrogen-bond donors (Lipinski definition) is 0. The van der Waals surface area contributed by atoms with Crippen LogP contribution in [0.25, 0.3) is 33.1 Å². The summed E-state index contributed by atoms with van der Waals surface area (Å²) in [5, 5.41) is 10.4. The number of aryl methyl sites for hydroxylation is 2. The van der Waals surface area contributed by atoms with Gasteiger partial charge in [0.25, 0.3) is 0 Å². The van der Waals surface area contributed by atoms with E-state index in [1.54, 1.807) is 7.11 Å². The van der Waals surface area contributed by atoms with Crippen molar-refractivity contribution in [1.82, 2.24) is 15.2 Å². The molecule has 4 heterocycles. The number of para-hydroxylation sites is 1. The van der Waals surface area contributed by atoms with Gasteiger partial charge in [0.2, 0.25) is 12.5 Å². The lowest BCUT2D eigenvalue weighted by atomic mass is 9.95.